The van der Waals surface area contributed by atoms with Gasteiger partial charge in [-0.3, -0.25) is 9.13 Å². The third-order valence-corrected chi connectivity index (χ3v) is 2.14. The lowest BCUT2D eigenvalue weighted by Crippen LogP contribution is -2.23. The number of nitrogens with zero attached hydrogens (tertiary/aromatic N) is 2. The quantitative estimate of drug-likeness (QED) is 0.663. The summed E-state index contributed by atoms with van der Waals surface area (Å²) >= 11 is 0. The Morgan fingerprint density at radius 1 is 1.50 bits per heavy atom. The first kappa shape index (κ1) is 7.58. The van der Waals surface area contributed by atoms with Crippen molar-refractivity contribution >= 4 is 0 Å². The third kappa shape index (κ3) is 1.17. The SMILES string of the molecule is O=c1n(CCF)ccn1C1CC1. The van der Waals surface area contributed by atoms with Crippen LogP contribution in [0, 0.1) is 0 Å². The van der Waals surface area contributed by atoms with Gasteiger partial charge in [0, 0.05) is 18.4 Å². The lowest BCUT2D eigenvalue weighted by atomic mass is 10.7. The molecule has 0 radical (unpaired) electrons. The van der Waals surface area contributed by atoms with E-state index in [0.717, 1.165) is 12.8 Å². The van der Waals surface area contributed by atoms with Crippen LogP contribution in [0.4, 0.5) is 4.39 Å². The molecule has 0 aliphatic heterocycles. The molecule has 1 heterocycles. The molecule has 0 unspecified atom stereocenters. The highest BCUT2D eigenvalue weighted by Crippen LogP contribution is 2.33. The Labute approximate surface area is 69.4 Å². The normalized spacial score (nSPS) is 16.8. The smallest absolute Gasteiger partial charge is 0.297 e. The third-order valence-electron chi connectivity index (χ3n) is 2.14. The minimum absolute atomic E-state index is 0.0739. The van der Waals surface area contributed by atoms with Gasteiger partial charge in [0.15, 0.2) is 0 Å². The van der Waals surface area contributed by atoms with E-state index in [-0.39, 0.29) is 12.2 Å². The fourth-order valence-corrected chi connectivity index (χ4v) is 1.32. The van der Waals surface area contributed by atoms with Gasteiger partial charge in [0.05, 0.1) is 6.54 Å². The molecule has 66 valence electrons. The number of alkyl halides is 1. The maximum absolute atomic E-state index is 11.9. The molecule has 1 fully saturated rings. The Balaban J connectivity index is 2.27. The van der Waals surface area contributed by atoms with E-state index in [2.05, 4.69) is 0 Å². The first-order valence-electron chi connectivity index (χ1n) is 4.16. The van der Waals surface area contributed by atoms with Gasteiger partial charge < -0.3 is 0 Å². The van der Waals surface area contributed by atoms with Gasteiger partial charge in [0.2, 0.25) is 0 Å². The summed E-state index contributed by atoms with van der Waals surface area (Å²) in [4.78, 5) is 11.4. The van der Waals surface area contributed by atoms with E-state index in [1.54, 1.807) is 17.0 Å². The topological polar surface area (TPSA) is 26.9 Å². The van der Waals surface area contributed by atoms with Gasteiger partial charge in [-0.05, 0) is 12.8 Å². The second kappa shape index (κ2) is 2.77. The summed E-state index contributed by atoms with van der Waals surface area (Å²) in [6.07, 6.45) is 5.56. The van der Waals surface area contributed by atoms with Crippen LogP contribution in [0.5, 0.6) is 0 Å². The van der Waals surface area contributed by atoms with Crippen LogP contribution in [-0.4, -0.2) is 15.8 Å². The Hall–Kier alpha value is -1.06. The molecule has 1 saturated carbocycles. The number of imidazole rings is 1. The fraction of sp³-hybridized carbons (Fsp3) is 0.625. The molecule has 1 aliphatic carbocycles. The molecule has 0 bridgehead atoms. The van der Waals surface area contributed by atoms with Gasteiger partial charge in [0.25, 0.3) is 0 Å². The minimum atomic E-state index is -0.478. The van der Waals surface area contributed by atoms with Gasteiger partial charge in [-0.1, -0.05) is 0 Å². The number of rotatable bonds is 3. The van der Waals surface area contributed by atoms with Crippen LogP contribution in [0.25, 0.3) is 0 Å². The summed E-state index contributed by atoms with van der Waals surface area (Å²) in [6, 6.07) is 0.387. The van der Waals surface area contributed by atoms with Crippen molar-refractivity contribution in [1.29, 1.82) is 0 Å². The molecule has 4 heteroatoms. The zero-order valence-electron chi connectivity index (χ0n) is 6.74. The van der Waals surface area contributed by atoms with Crippen molar-refractivity contribution in [2.45, 2.75) is 25.4 Å². The Morgan fingerprint density at radius 2 is 2.25 bits per heavy atom. The van der Waals surface area contributed by atoms with Crippen molar-refractivity contribution < 1.29 is 4.39 Å². The lowest BCUT2D eigenvalue weighted by Gasteiger charge is -1.96. The van der Waals surface area contributed by atoms with Crippen LogP contribution in [0.3, 0.4) is 0 Å². The summed E-state index contributed by atoms with van der Waals surface area (Å²) in [6.45, 7) is -0.298. The molecule has 2 rings (SSSR count). The molecule has 0 spiro atoms. The van der Waals surface area contributed by atoms with Gasteiger partial charge in [-0.2, -0.15) is 0 Å². The highest BCUT2D eigenvalue weighted by molar-refractivity contribution is 4.91. The summed E-state index contributed by atoms with van der Waals surface area (Å²) in [5.41, 5.74) is -0.0739. The monoisotopic (exact) mass is 170 g/mol. The van der Waals surface area contributed by atoms with Crippen LogP contribution < -0.4 is 5.69 Å². The van der Waals surface area contributed by atoms with Crippen LogP contribution >= 0.6 is 0 Å². The molecular weight excluding hydrogens is 159 g/mol. The first-order valence-corrected chi connectivity index (χ1v) is 4.16. The van der Waals surface area contributed by atoms with Crippen LogP contribution in [-0.2, 0) is 6.54 Å². The predicted molar refractivity (Wildman–Crippen MR) is 42.9 cm³/mol. The molecule has 1 aliphatic rings. The second-order valence-corrected chi connectivity index (χ2v) is 3.10. The number of hydrogen-bond donors (Lipinski definition) is 0. The Kier molecular flexibility index (Phi) is 1.75. The molecule has 1 aromatic heterocycles. The molecule has 3 nitrogen and oxygen atoms in total. The van der Waals surface area contributed by atoms with Gasteiger partial charge in [0.1, 0.15) is 6.67 Å². The molecule has 1 aromatic rings. The van der Waals surface area contributed by atoms with E-state index >= 15 is 0 Å². The van der Waals surface area contributed by atoms with Crippen LogP contribution in [0.2, 0.25) is 0 Å². The molecule has 0 atom stereocenters. The van der Waals surface area contributed by atoms with E-state index in [4.69, 9.17) is 0 Å². The number of aromatic nitrogens is 2. The highest BCUT2D eigenvalue weighted by atomic mass is 19.1. The van der Waals surface area contributed by atoms with Crippen LogP contribution in [0.15, 0.2) is 17.2 Å². The number of halogens is 1. The van der Waals surface area contributed by atoms with Crippen molar-refractivity contribution in [3.8, 4) is 0 Å². The van der Waals surface area contributed by atoms with E-state index < -0.39 is 6.67 Å². The standard InChI is InChI=1S/C8H11FN2O/c9-3-4-10-5-6-11(8(10)12)7-1-2-7/h5-7H,1-4H2. The van der Waals surface area contributed by atoms with Crippen LogP contribution in [0.1, 0.15) is 18.9 Å². The largest absolute Gasteiger partial charge is 0.328 e. The summed E-state index contributed by atoms with van der Waals surface area (Å²) in [7, 11) is 0. The molecular formula is C8H11FN2O. The molecule has 0 aromatic carbocycles. The predicted octanol–water partition coefficient (Wildman–Crippen LogP) is 0.954. The molecule has 0 amide bonds. The number of hydrogen-bond acceptors (Lipinski definition) is 1. The summed E-state index contributed by atoms with van der Waals surface area (Å²) in [5, 5.41) is 0. The van der Waals surface area contributed by atoms with Crippen molar-refractivity contribution in [2.75, 3.05) is 6.67 Å². The van der Waals surface area contributed by atoms with Gasteiger partial charge in [-0.15, -0.1) is 0 Å². The summed E-state index contributed by atoms with van der Waals surface area (Å²) < 4.78 is 15.0. The fourth-order valence-electron chi connectivity index (χ4n) is 1.32. The van der Waals surface area contributed by atoms with Gasteiger partial charge >= 0.3 is 5.69 Å². The zero-order valence-corrected chi connectivity index (χ0v) is 6.74. The average molecular weight is 170 g/mol. The Bertz CT molecular complexity index is 324. The molecule has 0 N–H and O–H groups in total. The maximum atomic E-state index is 11.9. The van der Waals surface area contributed by atoms with E-state index in [1.165, 1.54) is 4.57 Å². The maximum Gasteiger partial charge on any atom is 0.328 e. The van der Waals surface area contributed by atoms with Crippen molar-refractivity contribution in [3.63, 3.8) is 0 Å². The van der Waals surface area contributed by atoms with Crippen molar-refractivity contribution in [1.82, 2.24) is 9.13 Å². The molecule has 0 saturated heterocycles. The van der Waals surface area contributed by atoms with E-state index in [1.807, 2.05) is 0 Å². The second-order valence-electron chi connectivity index (χ2n) is 3.10. The minimum Gasteiger partial charge on any atom is -0.297 e. The first-order chi connectivity index (χ1) is 5.83. The van der Waals surface area contributed by atoms with Gasteiger partial charge in [-0.25, -0.2) is 9.18 Å². The Morgan fingerprint density at radius 3 is 2.83 bits per heavy atom. The number of aryl methyl sites for hydroxylation is 1. The average Bonchev–Trinajstić information content (AvgIpc) is 2.82. The highest BCUT2D eigenvalue weighted by Gasteiger charge is 2.25. The molecule has 12 heavy (non-hydrogen) atoms. The zero-order chi connectivity index (χ0) is 8.55. The van der Waals surface area contributed by atoms with E-state index in [0.29, 0.717) is 6.04 Å². The van der Waals surface area contributed by atoms with E-state index in [9.17, 15) is 9.18 Å². The summed E-state index contributed by atoms with van der Waals surface area (Å²) in [5.74, 6) is 0. The van der Waals surface area contributed by atoms with Crippen molar-refractivity contribution in [2.24, 2.45) is 0 Å². The van der Waals surface area contributed by atoms with Crippen molar-refractivity contribution in [3.05, 3.63) is 22.9 Å². The lowest BCUT2D eigenvalue weighted by molar-refractivity contribution is 0.437.